The van der Waals surface area contributed by atoms with Crippen molar-refractivity contribution in [2.75, 3.05) is 26.4 Å². The highest BCUT2D eigenvalue weighted by atomic mass is 16.5. The third-order valence-corrected chi connectivity index (χ3v) is 3.48. The quantitative estimate of drug-likeness (QED) is 0.771. The fourth-order valence-electron chi connectivity index (χ4n) is 2.48. The van der Waals surface area contributed by atoms with Gasteiger partial charge in [0.1, 0.15) is 0 Å². The second kappa shape index (κ2) is 5.28. The van der Waals surface area contributed by atoms with Gasteiger partial charge in [0, 0.05) is 18.8 Å². The van der Waals surface area contributed by atoms with E-state index in [2.05, 4.69) is 12.2 Å². The molecule has 2 fully saturated rings. The average molecular weight is 213 g/mol. The van der Waals surface area contributed by atoms with Crippen molar-refractivity contribution in [1.82, 2.24) is 5.32 Å². The molecule has 0 aliphatic carbocycles. The molecule has 0 aromatic rings. The normalized spacial score (nSPS) is 37.0. The Morgan fingerprint density at radius 1 is 1.33 bits per heavy atom. The van der Waals surface area contributed by atoms with Crippen molar-refractivity contribution >= 4 is 0 Å². The lowest BCUT2D eigenvalue weighted by Gasteiger charge is -2.34. The first-order chi connectivity index (χ1) is 7.29. The van der Waals surface area contributed by atoms with Crippen LogP contribution in [0.2, 0.25) is 0 Å². The van der Waals surface area contributed by atoms with Crippen LogP contribution in [-0.2, 0) is 9.47 Å². The highest BCUT2D eigenvalue weighted by Gasteiger charge is 2.27. The highest BCUT2D eigenvalue weighted by Crippen LogP contribution is 2.19. The maximum atomic E-state index is 5.60. The number of rotatable bonds is 4. The summed E-state index contributed by atoms with van der Waals surface area (Å²) in [5, 5.41) is 3.62. The lowest BCUT2D eigenvalue weighted by molar-refractivity contribution is 0.0258. The summed E-state index contributed by atoms with van der Waals surface area (Å²) in [6.07, 6.45) is 6.56. The van der Waals surface area contributed by atoms with Crippen LogP contribution in [0.5, 0.6) is 0 Å². The summed E-state index contributed by atoms with van der Waals surface area (Å²) >= 11 is 0. The minimum atomic E-state index is 0.205. The fraction of sp³-hybridized carbons (Fsp3) is 1.00. The Balaban J connectivity index is 1.63. The minimum Gasteiger partial charge on any atom is -0.380 e. The molecule has 3 heteroatoms. The SMILES string of the molecule is CC1(NCCC2CCCO2)CCCOC1. The van der Waals surface area contributed by atoms with Gasteiger partial charge in [0.25, 0.3) is 0 Å². The van der Waals surface area contributed by atoms with Crippen LogP contribution in [0.25, 0.3) is 0 Å². The molecule has 2 atom stereocenters. The van der Waals surface area contributed by atoms with Crippen molar-refractivity contribution in [3.63, 3.8) is 0 Å². The smallest absolute Gasteiger partial charge is 0.0645 e. The van der Waals surface area contributed by atoms with Crippen molar-refractivity contribution in [2.24, 2.45) is 0 Å². The molecule has 2 saturated heterocycles. The first kappa shape index (κ1) is 11.4. The Kier molecular flexibility index (Phi) is 4.00. The van der Waals surface area contributed by atoms with Crippen LogP contribution in [0.3, 0.4) is 0 Å². The second-order valence-electron chi connectivity index (χ2n) is 5.07. The largest absolute Gasteiger partial charge is 0.380 e. The molecule has 88 valence electrons. The number of hydrogen-bond acceptors (Lipinski definition) is 3. The van der Waals surface area contributed by atoms with E-state index in [-0.39, 0.29) is 5.54 Å². The molecule has 0 saturated carbocycles. The average Bonchev–Trinajstić information content (AvgIpc) is 2.71. The number of hydrogen-bond donors (Lipinski definition) is 1. The van der Waals surface area contributed by atoms with Crippen LogP contribution in [-0.4, -0.2) is 38.0 Å². The molecular formula is C12H23NO2. The van der Waals surface area contributed by atoms with Gasteiger partial charge in [0.05, 0.1) is 12.7 Å². The molecule has 2 heterocycles. The van der Waals surface area contributed by atoms with Crippen LogP contribution in [0.4, 0.5) is 0 Å². The van der Waals surface area contributed by atoms with Gasteiger partial charge < -0.3 is 14.8 Å². The van der Waals surface area contributed by atoms with Gasteiger partial charge >= 0.3 is 0 Å². The summed E-state index contributed by atoms with van der Waals surface area (Å²) in [5.74, 6) is 0. The summed E-state index contributed by atoms with van der Waals surface area (Å²) in [6.45, 7) is 6.08. The third kappa shape index (κ3) is 3.44. The van der Waals surface area contributed by atoms with E-state index in [1.807, 2.05) is 0 Å². The zero-order valence-electron chi connectivity index (χ0n) is 9.76. The van der Waals surface area contributed by atoms with Crippen molar-refractivity contribution in [2.45, 2.75) is 50.7 Å². The standard InChI is InChI=1S/C12H23NO2/c1-12(6-3-8-14-10-12)13-7-5-11-4-2-9-15-11/h11,13H,2-10H2,1H3. The van der Waals surface area contributed by atoms with E-state index < -0.39 is 0 Å². The van der Waals surface area contributed by atoms with Crippen molar-refractivity contribution < 1.29 is 9.47 Å². The molecular weight excluding hydrogens is 190 g/mol. The van der Waals surface area contributed by atoms with E-state index in [1.54, 1.807) is 0 Å². The van der Waals surface area contributed by atoms with Gasteiger partial charge in [-0.2, -0.15) is 0 Å². The summed E-state index contributed by atoms with van der Waals surface area (Å²) in [7, 11) is 0. The van der Waals surface area contributed by atoms with E-state index in [4.69, 9.17) is 9.47 Å². The van der Waals surface area contributed by atoms with Gasteiger partial charge in [-0.1, -0.05) is 0 Å². The molecule has 15 heavy (non-hydrogen) atoms. The Morgan fingerprint density at radius 2 is 2.27 bits per heavy atom. The summed E-state index contributed by atoms with van der Waals surface area (Å²) in [6, 6.07) is 0. The van der Waals surface area contributed by atoms with E-state index in [0.717, 1.165) is 32.8 Å². The van der Waals surface area contributed by atoms with Crippen molar-refractivity contribution in [1.29, 1.82) is 0 Å². The summed E-state index contributed by atoms with van der Waals surface area (Å²) in [5.41, 5.74) is 0.205. The highest BCUT2D eigenvalue weighted by molar-refractivity contribution is 4.85. The van der Waals surface area contributed by atoms with Crippen LogP contribution >= 0.6 is 0 Å². The Hall–Kier alpha value is -0.120. The van der Waals surface area contributed by atoms with Gasteiger partial charge in [0.2, 0.25) is 0 Å². The Labute approximate surface area is 92.5 Å². The summed E-state index contributed by atoms with van der Waals surface area (Å²) in [4.78, 5) is 0. The van der Waals surface area contributed by atoms with Gasteiger partial charge in [-0.15, -0.1) is 0 Å². The molecule has 1 N–H and O–H groups in total. The van der Waals surface area contributed by atoms with Crippen LogP contribution < -0.4 is 5.32 Å². The van der Waals surface area contributed by atoms with E-state index in [9.17, 15) is 0 Å². The first-order valence-corrected chi connectivity index (χ1v) is 6.23. The molecule has 0 aromatic heterocycles. The summed E-state index contributed by atoms with van der Waals surface area (Å²) < 4.78 is 11.1. The molecule has 0 aromatic carbocycles. The second-order valence-corrected chi connectivity index (χ2v) is 5.07. The van der Waals surface area contributed by atoms with E-state index in [0.29, 0.717) is 6.10 Å². The van der Waals surface area contributed by atoms with Crippen LogP contribution in [0, 0.1) is 0 Å². The zero-order chi connectivity index (χ0) is 10.6. The van der Waals surface area contributed by atoms with Crippen LogP contribution in [0.1, 0.15) is 39.0 Å². The minimum absolute atomic E-state index is 0.205. The molecule has 0 bridgehead atoms. The molecule has 2 aliphatic heterocycles. The third-order valence-electron chi connectivity index (χ3n) is 3.48. The van der Waals surface area contributed by atoms with Crippen molar-refractivity contribution in [3.05, 3.63) is 0 Å². The monoisotopic (exact) mass is 213 g/mol. The van der Waals surface area contributed by atoms with E-state index >= 15 is 0 Å². The maximum Gasteiger partial charge on any atom is 0.0645 e. The molecule has 2 rings (SSSR count). The zero-order valence-corrected chi connectivity index (χ0v) is 9.76. The number of ether oxygens (including phenoxy) is 2. The van der Waals surface area contributed by atoms with Crippen molar-refractivity contribution in [3.8, 4) is 0 Å². The number of nitrogens with one attached hydrogen (secondary N) is 1. The Morgan fingerprint density at radius 3 is 2.93 bits per heavy atom. The van der Waals surface area contributed by atoms with Gasteiger partial charge in [-0.05, 0) is 45.6 Å². The lowest BCUT2D eigenvalue weighted by Crippen LogP contribution is -2.49. The predicted molar refractivity (Wildman–Crippen MR) is 60.1 cm³/mol. The molecule has 3 nitrogen and oxygen atoms in total. The van der Waals surface area contributed by atoms with Gasteiger partial charge in [-0.3, -0.25) is 0 Å². The van der Waals surface area contributed by atoms with Gasteiger partial charge in [0.15, 0.2) is 0 Å². The van der Waals surface area contributed by atoms with E-state index in [1.165, 1.54) is 25.7 Å². The Bertz CT molecular complexity index is 184. The van der Waals surface area contributed by atoms with Gasteiger partial charge in [-0.25, -0.2) is 0 Å². The maximum absolute atomic E-state index is 5.60. The fourth-order valence-corrected chi connectivity index (χ4v) is 2.48. The molecule has 2 aliphatic rings. The predicted octanol–water partition coefficient (Wildman–Crippen LogP) is 1.71. The van der Waals surface area contributed by atoms with Crippen LogP contribution in [0.15, 0.2) is 0 Å². The molecule has 2 unspecified atom stereocenters. The molecule has 0 amide bonds. The first-order valence-electron chi connectivity index (χ1n) is 6.23. The topological polar surface area (TPSA) is 30.5 Å². The molecule has 0 spiro atoms. The lowest BCUT2D eigenvalue weighted by atomic mass is 9.94. The molecule has 0 radical (unpaired) electrons.